The first-order chi connectivity index (χ1) is 15.4. The molecule has 0 aromatic heterocycles. The maximum absolute atomic E-state index is 10.6. The Kier molecular flexibility index (Phi) is 10.4. The highest BCUT2D eigenvalue weighted by atomic mass is 32.5. The van der Waals surface area contributed by atoms with Crippen molar-refractivity contribution in [3.63, 3.8) is 0 Å². The molecule has 3 rings (SSSR count). The molecule has 0 amide bonds. The summed E-state index contributed by atoms with van der Waals surface area (Å²) in [6.45, 7) is 3.04. The van der Waals surface area contributed by atoms with Crippen LogP contribution in [-0.4, -0.2) is 71.8 Å². The Bertz CT molecular complexity index is 744. The molecule has 0 aromatic carbocycles. The minimum Gasteiger partial charge on any atom is -0.373 e. The number of ether oxygens (including phenoxy) is 3. The van der Waals surface area contributed by atoms with Crippen molar-refractivity contribution in [3.05, 3.63) is 0 Å². The molecular weight excluding hydrogens is 510 g/mol. The van der Waals surface area contributed by atoms with E-state index in [1.54, 1.807) is 0 Å². The first-order valence-electron chi connectivity index (χ1n) is 11.6. The van der Waals surface area contributed by atoms with E-state index >= 15 is 0 Å². The Hall–Kier alpha value is 0.940. The largest absolute Gasteiger partial charge is 0.373 e. The summed E-state index contributed by atoms with van der Waals surface area (Å²) in [6, 6.07) is 0. The van der Waals surface area contributed by atoms with Gasteiger partial charge < -0.3 is 42.1 Å². The van der Waals surface area contributed by atoms with E-state index in [1.165, 1.54) is 0 Å². The third kappa shape index (κ3) is 8.49. The van der Waals surface area contributed by atoms with Gasteiger partial charge in [0.2, 0.25) is 0 Å². The Balaban J connectivity index is 1.50. The third-order valence-corrected chi connectivity index (χ3v) is 9.43. The van der Waals surface area contributed by atoms with E-state index in [9.17, 15) is 9.79 Å². The molecule has 194 valence electrons. The number of hydrogen-bond donors (Lipinski definition) is 2. The van der Waals surface area contributed by atoms with Gasteiger partial charge in [0.25, 0.3) is 0 Å². The second-order valence-corrected chi connectivity index (χ2v) is 14.9. The lowest BCUT2D eigenvalue weighted by atomic mass is 10.0. The van der Waals surface area contributed by atoms with Gasteiger partial charge in [-0.25, -0.2) is 0 Å². The molecule has 0 bridgehead atoms. The lowest BCUT2D eigenvalue weighted by molar-refractivity contribution is -0.0230. The molecule has 3 aliphatic heterocycles. The van der Waals surface area contributed by atoms with E-state index in [0.29, 0.717) is 18.8 Å². The second kappa shape index (κ2) is 12.0. The molecule has 9 nitrogen and oxygen atoms in total. The van der Waals surface area contributed by atoms with Crippen LogP contribution in [0.4, 0.5) is 0 Å². The Morgan fingerprint density at radius 2 is 1.15 bits per heavy atom. The maximum atomic E-state index is 10.6. The van der Waals surface area contributed by atoms with Gasteiger partial charge in [-0.05, 0) is 63.1 Å². The van der Waals surface area contributed by atoms with E-state index in [0.717, 1.165) is 12.8 Å². The van der Waals surface area contributed by atoms with Crippen molar-refractivity contribution in [1.82, 2.24) is 0 Å². The average Bonchev–Trinajstić information content (AvgIpc) is 3.33. The summed E-state index contributed by atoms with van der Waals surface area (Å²) < 4.78 is 40.2. The molecule has 0 aromatic rings. The lowest BCUT2D eigenvalue weighted by Gasteiger charge is -2.27. The van der Waals surface area contributed by atoms with E-state index < -0.39 is 25.6 Å². The highest BCUT2D eigenvalue weighted by Gasteiger charge is 2.41. The van der Waals surface area contributed by atoms with Crippen molar-refractivity contribution in [2.75, 3.05) is 13.2 Å². The molecule has 0 saturated carbocycles. The standard InChI is InChI=1S/C20H38O9P2S2/c1-6-16-17(8-14(4)25-16)28-31(22,33)24-11-20-18(9-15(5)27-20)29-30(21,32)23-10-19-12(2)7-13(3)26-19/h12-20H,6-11H2,1-5H3,(H,21,32)(H,22,33)/t12-,13+,14+,15+,16-,17-,18-,19-,20-,30?,31?/m1/s1. The van der Waals surface area contributed by atoms with Crippen molar-refractivity contribution >= 4 is 37.1 Å². The molecule has 3 aliphatic rings. The van der Waals surface area contributed by atoms with Crippen molar-refractivity contribution < 1.29 is 42.1 Å². The highest BCUT2D eigenvalue weighted by Crippen LogP contribution is 2.51. The van der Waals surface area contributed by atoms with Crippen LogP contribution >= 0.6 is 13.4 Å². The molecule has 2 unspecified atom stereocenters. The zero-order chi connectivity index (χ0) is 24.4. The predicted molar refractivity (Wildman–Crippen MR) is 131 cm³/mol. The van der Waals surface area contributed by atoms with Crippen LogP contribution in [0, 0.1) is 5.92 Å². The molecule has 2 N–H and O–H groups in total. The summed E-state index contributed by atoms with van der Waals surface area (Å²) in [5.41, 5.74) is 0. The molecule has 33 heavy (non-hydrogen) atoms. The molecule has 0 radical (unpaired) electrons. The van der Waals surface area contributed by atoms with Gasteiger partial charge in [-0.1, -0.05) is 13.8 Å². The van der Waals surface area contributed by atoms with Crippen LogP contribution in [0.15, 0.2) is 0 Å². The van der Waals surface area contributed by atoms with Crippen molar-refractivity contribution in [2.45, 2.75) is 109 Å². The van der Waals surface area contributed by atoms with Crippen LogP contribution in [0.25, 0.3) is 0 Å². The molecule has 13 heteroatoms. The Morgan fingerprint density at radius 3 is 1.64 bits per heavy atom. The number of hydrogen-bond acceptors (Lipinski definition) is 9. The zero-order valence-corrected chi connectivity index (χ0v) is 23.3. The minimum absolute atomic E-state index is 0.0428. The SMILES string of the molecule is CC[C@H]1O[C@@H](C)C[C@H]1OP(O)(=S)OC[C@H]1O[C@@H](C)C[C@H]1OP(O)(=S)OC[C@H]1O[C@@H](C)C[C@H]1C. The van der Waals surface area contributed by atoms with Gasteiger partial charge in [0.05, 0.1) is 55.9 Å². The van der Waals surface area contributed by atoms with Gasteiger partial charge in [-0.3, -0.25) is 0 Å². The van der Waals surface area contributed by atoms with Crippen LogP contribution in [0.5, 0.6) is 0 Å². The third-order valence-electron chi connectivity index (χ3n) is 6.26. The van der Waals surface area contributed by atoms with Gasteiger partial charge in [0, 0.05) is 12.8 Å². The van der Waals surface area contributed by atoms with E-state index in [2.05, 4.69) is 6.92 Å². The predicted octanol–water partition coefficient (Wildman–Crippen LogP) is 3.80. The summed E-state index contributed by atoms with van der Waals surface area (Å²) >= 11 is 10.5. The fraction of sp³-hybridized carbons (Fsp3) is 1.00. The molecule has 0 spiro atoms. The summed E-state index contributed by atoms with van der Waals surface area (Å²) in [7, 11) is 0. The van der Waals surface area contributed by atoms with Gasteiger partial charge in [-0.2, -0.15) is 0 Å². The van der Waals surface area contributed by atoms with Gasteiger partial charge in [0.1, 0.15) is 6.10 Å². The molecule has 3 saturated heterocycles. The second-order valence-electron chi connectivity index (χ2n) is 9.36. The van der Waals surface area contributed by atoms with Crippen LogP contribution in [0.1, 0.15) is 60.3 Å². The molecule has 3 heterocycles. The molecule has 3 fully saturated rings. The van der Waals surface area contributed by atoms with Gasteiger partial charge in [0.15, 0.2) is 0 Å². The smallest absolute Gasteiger partial charge is 0.324 e. The van der Waals surface area contributed by atoms with Gasteiger partial charge >= 0.3 is 13.4 Å². The van der Waals surface area contributed by atoms with Crippen molar-refractivity contribution in [2.24, 2.45) is 5.92 Å². The highest BCUT2D eigenvalue weighted by molar-refractivity contribution is 8.07. The quantitative estimate of drug-likeness (QED) is 0.369. The summed E-state index contributed by atoms with van der Waals surface area (Å²) in [4.78, 5) is 21.2. The van der Waals surface area contributed by atoms with Crippen molar-refractivity contribution in [1.29, 1.82) is 0 Å². The normalized spacial score (nSPS) is 42.9. The number of rotatable bonds is 11. The topological polar surface area (TPSA) is 105 Å². The summed E-state index contributed by atoms with van der Waals surface area (Å²) in [6.07, 6.45) is 1.24. The van der Waals surface area contributed by atoms with Crippen LogP contribution in [0.2, 0.25) is 0 Å². The average molecular weight is 549 g/mol. The van der Waals surface area contributed by atoms with Crippen LogP contribution < -0.4 is 0 Å². The maximum Gasteiger partial charge on any atom is 0.324 e. The van der Waals surface area contributed by atoms with Crippen molar-refractivity contribution in [3.8, 4) is 0 Å². The first kappa shape index (κ1) is 28.5. The van der Waals surface area contributed by atoms with E-state index in [-0.39, 0.29) is 49.8 Å². The van der Waals surface area contributed by atoms with E-state index in [1.807, 2.05) is 27.7 Å². The fourth-order valence-electron chi connectivity index (χ4n) is 4.67. The molecule has 11 atom stereocenters. The first-order valence-corrected chi connectivity index (χ1v) is 16.8. The lowest BCUT2D eigenvalue weighted by Crippen LogP contribution is -2.29. The summed E-state index contributed by atoms with van der Waals surface area (Å²) in [5, 5.41) is 0. The van der Waals surface area contributed by atoms with Gasteiger partial charge in [-0.15, -0.1) is 0 Å². The van der Waals surface area contributed by atoms with Crippen LogP contribution in [0.3, 0.4) is 0 Å². The van der Waals surface area contributed by atoms with E-state index in [4.69, 9.17) is 55.9 Å². The monoisotopic (exact) mass is 548 g/mol. The fourth-order valence-corrected chi connectivity index (χ4v) is 7.62. The Labute approximate surface area is 207 Å². The zero-order valence-electron chi connectivity index (χ0n) is 19.9. The Morgan fingerprint density at radius 1 is 0.727 bits per heavy atom. The minimum atomic E-state index is -3.52. The molecule has 0 aliphatic carbocycles. The molecular formula is C20H38O9P2S2. The van der Waals surface area contributed by atoms with Crippen LogP contribution in [-0.2, 0) is 55.9 Å². The summed E-state index contributed by atoms with van der Waals surface area (Å²) in [5.74, 6) is 0.320.